The molecule has 11 heavy (non-hydrogen) atoms. The standard InChI is InChI=1S/C8H5S.ClH.Mn/c1-2-4-8-7(3-1)5-6-9-8;;/h1-5H;1H;/p-1. The maximum atomic E-state index is 3.08. The summed E-state index contributed by atoms with van der Waals surface area (Å²) in [5.74, 6) is 0. The molecule has 1 aromatic carbocycles. The van der Waals surface area contributed by atoms with Crippen LogP contribution in [0.4, 0.5) is 0 Å². The third-order valence-electron chi connectivity index (χ3n) is 1.30. The largest absolute Gasteiger partial charge is 1.00 e. The minimum absolute atomic E-state index is 0. The van der Waals surface area contributed by atoms with Gasteiger partial charge in [-0.15, -0.1) is 11.3 Å². The summed E-state index contributed by atoms with van der Waals surface area (Å²) in [5.41, 5.74) is 0. The Bertz CT molecular complexity index is 288. The van der Waals surface area contributed by atoms with E-state index in [2.05, 4.69) is 17.5 Å². The van der Waals surface area contributed by atoms with Crippen LogP contribution in [0.5, 0.6) is 0 Å². The van der Waals surface area contributed by atoms with E-state index in [1.54, 1.807) is 11.3 Å². The summed E-state index contributed by atoms with van der Waals surface area (Å²) in [5, 5.41) is 4.37. The third kappa shape index (κ3) is 2.21. The van der Waals surface area contributed by atoms with E-state index in [0.29, 0.717) is 0 Å². The average Bonchev–Trinajstić information content (AvgIpc) is 2.33. The second-order valence-corrected chi connectivity index (χ2v) is 2.78. The van der Waals surface area contributed by atoms with Crippen molar-refractivity contribution in [2.24, 2.45) is 0 Å². The van der Waals surface area contributed by atoms with Crippen LogP contribution in [-0.4, -0.2) is 0 Å². The van der Waals surface area contributed by atoms with Crippen LogP contribution in [0.3, 0.4) is 0 Å². The molecule has 0 aliphatic carbocycles. The Kier molecular flexibility index (Phi) is 4.78. The van der Waals surface area contributed by atoms with E-state index in [4.69, 9.17) is 0 Å². The van der Waals surface area contributed by atoms with Crippen molar-refractivity contribution in [1.29, 1.82) is 0 Å². The molecule has 58 valence electrons. The van der Waals surface area contributed by atoms with E-state index in [0.717, 1.165) is 0 Å². The van der Waals surface area contributed by atoms with Crippen LogP contribution in [0.2, 0.25) is 0 Å². The number of halogens is 1. The Morgan fingerprint density at radius 1 is 1.18 bits per heavy atom. The van der Waals surface area contributed by atoms with Crippen molar-refractivity contribution in [3.05, 3.63) is 35.7 Å². The number of rotatable bonds is 0. The van der Waals surface area contributed by atoms with E-state index in [1.165, 1.54) is 10.1 Å². The molecule has 1 aromatic heterocycles. The molecule has 0 aliphatic rings. The zero-order valence-corrected chi connectivity index (χ0v) is 8.30. The topological polar surface area (TPSA) is 0 Å². The average molecular weight is 224 g/mol. The van der Waals surface area contributed by atoms with Gasteiger partial charge in [0.2, 0.25) is 0 Å². The molecule has 0 fully saturated rings. The summed E-state index contributed by atoms with van der Waals surface area (Å²) in [6.45, 7) is 0. The molecule has 0 bridgehead atoms. The Morgan fingerprint density at radius 2 is 1.91 bits per heavy atom. The van der Waals surface area contributed by atoms with Gasteiger partial charge in [-0.25, -0.2) is 0 Å². The molecule has 0 amide bonds. The van der Waals surface area contributed by atoms with Crippen LogP contribution in [0.25, 0.3) is 10.1 Å². The second kappa shape index (κ2) is 4.78. The predicted molar refractivity (Wildman–Crippen MR) is 40.7 cm³/mol. The normalized spacial score (nSPS) is 8.36. The molecule has 2 rings (SSSR count). The van der Waals surface area contributed by atoms with Gasteiger partial charge in [0.25, 0.3) is 0 Å². The maximum absolute atomic E-state index is 3.08. The fourth-order valence-electron chi connectivity index (χ4n) is 0.849. The van der Waals surface area contributed by atoms with Crippen molar-refractivity contribution in [3.63, 3.8) is 0 Å². The Labute approximate surface area is 86.5 Å². The molecule has 0 nitrogen and oxygen atoms in total. The smallest absolute Gasteiger partial charge is 0.0455 e. The number of hydrogen-bond acceptors (Lipinski definition) is 1. The van der Waals surface area contributed by atoms with E-state index < -0.39 is 0 Å². The van der Waals surface area contributed by atoms with Crippen LogP contribution < -0.4 is 12.4 Å². The summed E-state index contributed by atoms with van der Waals surface area (Å²) < 4.78 is 1.32. The van der Waals surface area contributed by atoms with Gasteiger partial charge in [0.15, 0.2) is 0 Å². The molecule has 0 unspecified atom stereocenters. The van der Waals surface area contributed by atoms with Crippen molar-refractivity contribution in [1.82, 2.24) is 0 Å². The molecule has 0 atom stereocenters. The number of thiophene rings is 1. The summed E-state index contributed by atoms with van der Waals surface area (Å²) in [6.07, 6.45) is 0. The monoisotopic (exact) mass is 223 g/mol. The van der Waals surface area contributed by atoms with Crippen LogP contribution in [0.15, 0.2) is 30.3 Å². The quantitative estimate of drug-likeness (QED) is 0.538. The summed E-state index contributed by atoms with van der Waals surface area (Å²) >= 11 is 1.66. The van der Waals surface area contributed by atoms with Crippen LogP contribution in [0, 0.1) is 5.38 Å². The van der Waals surface area contributed by atoms with Crippen molar-refractivity contribution < 1.29 is 29.5 Å². The van der Waals surface area contributed by atoms with Gasteiger partial charge in [0.1, 0.15) is 0 Å². The first-order valence-corrected chi connectivity index (χ1v) is 3.63. The molecule has 0 saturated carbocycles. The Balaban J connectivity index is 0.000000500. The molecule has 1 heterocycles. The fourth-order valence-corrected chi connectivity index (χ4v) is 1.55. The van der Waals surface area contributed by atoms with Gasteiger partial charge in [-0.2, -0.15) is 0 Å². The van der Waals surface area contributed by atoms with Crippen LogP contribution >= 0.6 is 11.3 Å². The van der Waals surface area contributed by atoms with E-state index in [9.17, 15) is 0 Å². The molecule has 2 aromatic rings. The molecule has 0 spiro atoms. The van der Waals surface area contributed by atoms with Crippen molar-refractivity contribution in [2.45, 2.75) is 0 Å². The van der Waals surface area contributed by atoms with Gasteiger partial charge in [0.05, 0.1) is 0 Å². The minimum atomic E-state index is 0. The zero-order chi connectivity index (χ0) is 6.10. The predicted octanol–water partition coefficient (Wildman–Crippen LogP) is -0.297. The van der Waals surface area contributed by atoms with Crippen LogP contribution in [0.1, 0.15) is 0 Å². The SMILES string of the molecule is [Cl-].[Mn].[c]1cc2ccccc2s1. The van der Waals surface area contributed by atoms with Gasteiger partial charge in [-0.3, -0.25) is 0 Å². The number of fused-ring (bicyclic) bond motifs is 1. The maximum Gasteiger partial charge on any atom is 0.0455 e. The zero-order valence-electron chi connectivity index (χ0n) is 5.55. The van der Waals surface area contributed by atoms with Crippen molar-refractivity contribution in [2.75, 3.05) is 0 Å². The first-order chi connectivity index (χ1) is 4.47. The molecule has 0 saturated heterocycles. The first-order valence-electron chi connectivity index (χ1n) is 2.81. The summed E-state index contributed by atoms with van der Waals surface area (Å²) in [6, 6.07) is 10.3. The number of benzene rings is 1. The molecule has 2 radical (unpaired) electrons. The van der Waals surface area contributed by atoms with Gasteiger partial charge >= 0.3 is 0 Å². The van der Waals surface area contributed by atoms with Gasteiger partial charge < -0.3 is 12.4 Å². The number of hydrogen-bond donors (Lipinski definition) is 0. The third-order valence-corrected chi connectivity index (χ3v) is 2.13. The summed E-state index contributed by atoms with van der Waals surface area (Å²) in [7, 11) is 0. The van der Waals surface area contributed by atoms with Gasteiger partial charge in [0, 0.05) is 27.1 Å². The van der Waals surface area contributed by atoms with E-state index in [-0.39, 0.29) is 29.5 Å². The fraction of sp³-hybridized carbons (Fsp3) is 0. The van der Waals surface area contributed by atoms with Crippen molar-refractivity contribution >= 4 is 21.4 Å². The molecular weight excluding hydrogens is 219 g/mol. The molecule has 0 N–H and O–H groups in total. The van der Waals surface area contributed by atoms with E-state index in [1.807, 2.05) is 18.2 Å². The van der Waals surface area contributed by atoms with E-state index >= 15 is 0 Å². The Hall–Kier alpha value is -0.0105. The first kappa shape index (κ1) is 11.0. The molecule has 3 heteroatoms. The van der Waals surface area contributed by atoms with Crippen molar-refractivity contribution in [3.8, 4) is 0 Å². The Morgan fingerprint density at radius 3 is 2.64 bits per heavy atom. The van der Waals surface area contributed by atoms with Gasteiger partial charge in [-0.1, -0.05) is 18.2 Å². The van der Waals surface area contributed by atoms with Gasteiger partial charge in [-0.05, 0) is 17.5 Å². The molecule has 0 aliphatic heterocycles. The van der Waals surface area contributed by atoms with Crippen LogP contribution in [-0.2, 0) is 17.1 Å². The minimum Gasteiger partial charge on any atom is -1.00 e. The molecular formula is C8H5ClMnS-. The second-order valence-electron chi connectivity index (χ2n) is 1.90. The summed E-state index contributed by atoms with van der Waals surface area (Å²) in [4.78, 5) is 0.